The van der Waals surface area contributed by atoms with Crippen molar-refractivity contribution in [2.24, 2.45) is 5.92 Å². The van der Waals surface area contributed by atoms with Crippen LogP contribution < -0.4 is 0 Å². The van der Waals surface area contributed by atoms with Gasteiger partial charge in [-0.2, -0.15) is 0 Å². The minimum Gasteiger partial charge on any atom is -0.463 e. The molecule has 1 heterocycles. The largest absolute Gasteiger partial charge is 0.463 e. The maximum atomic E-state index is 11.6. The molecule has 1 saturated heterocycles. The lowest BCUT2D eigenvalue weighted by Gasteiger charge is -2.31. The molecule has 0 bridgehead atoms. The van der Waals surface area contributed by atoms with Crippen LogP contribution >= 0.6 is 0 Å². The number of allylic oxidation sites excluding steroid dienone is 4. The van der Waals surface area contributed by atoms with Crippen LogP contribution in [-0.2, 0) is 14.3 Å². The molecule has 0 aromatic heterocycles. The fraction of sp³-hybridized carbons (Fsp3) is 0.600. The second-order valence-electron chi connectivity index (χ2n) is 6.56. The van der Waals surface area contributed by atoms with Crippen LogP contribution in [0.25, 0.3) is 0 Å². The van der Waals surface area contributed by atoms with E-state index in [1.807, 2.05) is 37.3 Å². The SMILES string of the molecule is CCC(=O)N1CCC2CCCCC21.O=COCC1=CC=CCC=C1. The number of hydrogen-bond acceptors (Lipinski definition) is 3. The molecule has 2 atom stereocenters. The van der Waals surface area contributed by atoms with Crippen LogP contribution in [0.1, 0.15) is 51.9 Å². The van der Waals surface area contributed by atoms with Gasteiger partial charge in [0, 0.05) is 19.0 Å². The van der Waals surface area contributed by atoms with Gasteiger partial charge in [0.15, 0.2) is 0 Å². The number of fused-ring (bicyclic) bond motifs is 1. The number of carbonyl (C=O) groups excluding carboxylic acids is 2. The second-order valence-corrected chi connectivity index (χ2v) is 6.56. The van der Waals surface area contributed by atoms with Gasteiger partial charge in [0.1, 0.15) is 6.61 Å². The molecule has 1 saturated carbocycles. The minimum absolute atomic E-state index is 0.365. The molecule has 132 valence electrons. The average Bonchev–Trinajstić information content (AvgIpc) is 2.88. The summed E-state index contributed by atoms with van der Waals surface area (Å²) >= 11 is 0. The maximum absolute atomic E-state index is 11.6. The number of amides is 1. The van der Waals surface area contributed by atoms with Crippen molar-refractivity contribution < 1.29 is 14.3 Å². The molecule has 24 heavy (non-hydrogen) atoms. The van der Waals surface area contributed by atoms with Crippen molar-refractivity contribution in [1.29, 1.82) is 0 Å². The van der Waals surface area contributed by atoms with E-state index in [4.69, 9.17) is 0 Å². The fourth-order valence-electron chi connectivity index (χ4n) is 3.77. The summed E-state index contributed by atoms with van der Waals surface area (Å²) in [7, 11) is 0. The molecule has 1 amide bonds. The Kier molecular flexibility index (Phi) is 7.80. The Morgan fingerprint density at radius 3 is 2.92 bits per heavy atom. The first-order chi connectivity index (χ1) is 11.8. The monoisotopic (exact) mass is 331 g/mol. The molecular formula is C20H29NO3. The summed E-state index contributed by atoms with van der Waals surface area (Å²) < 4.78 is 4.59. The molecule has 4 heteroatoms. The standard InChI is InChI=1S/C11H19NO.C9H10O2/c1-2-11(13)12-8-7-9-5-3-4-6-10(9)12;10-8-11-7-9-5-3-1-2-4-6-9/h9-10H,2-8H2,1H3;1,3-6,8H,2,7H2. The molecular weight excluding hydrogens is 302 g/mol. The van der Waals surface area contributed by atoms with E-state index in [0.29, 0.717) is 31.4 Å². The average molecular weight is 331 g/mol. The first kappa shape index (κ1) is 18.5. The number of hydrogen-bond donors (Lipinski definition) is 0. The van der Waals surface area contributed by atoms with E-state index in [-0.39, 0.29) is 0 Å². The summed E-state index contributed by atoms with van der Waals surface area (Å²) in [4.78, 5) is 23.6. The summed E-state index contributed by atoms with van der Waals surface area (Å²) in [6.07, 6.45) is 18.2. The van der Waals surface area contributed by atoms with Crippen LogP contribution in [0.2, 0.25) is 0 Å². The van der Waals surface area contributed by atoms with Crippen molar-refractivity contribution in [1.82, 2.24) is 4.90 Å². The van der Waals surface area contributed by atoms with Crippen LogP contribution in [0.15, 0.2) is 36.0 Å². The zero-order valence-corrected chi connectivity index (χ0v) is 14.7. The highest BCUT2D eigenvalue weighted by atomic mass is 16.5. The molecule has 2 aliphatic carbocycles. The van der Waals surface area contributed by atoms with E-state index in [9.17, 15) is 9.59 Å². The smallest absolute Gasteiger partial charge is 0.293 e. The molecule has 3 rings (SSSR count). The van der Waals surface area contributed by atoms with Crippen molar-refractivity contribution in [3.8, 4) is 0 Å². The zero-order valence-electron chi connectivity index (χ0n) is 14.7. The van der Waals surface area contributed by atoms with Gasteiger partial charge in [-0.25, -0.2) is 0 Å². The molecule has 2 fully saturated rings. The van der Waals surface area contributed by atoms with Gasteiger partial charge in [-0.05, 0) is 37.2 Å². The van der Waals surface area contributed by atoms with Crippen LogP contribution in [0, 0.1) is 5.92 Å². The van der Waals surface area contributed by atoms with E-state index in [1.165, 1.54) is 32.1 Å². The second kappa shape index (κ2) is 10.1. The molecule has 0 aromatic rings. The van der Waals surface area contributed by atoms with Gasteiger partial charge in [0.25, 0.3) is 6.47 Å². The van der Waals surface area contributed by atoms with E-state index in [1.54, 1.807) is 0 Å². The Bertz CT molecular complexity index is 507. The Hall–Kier alpha value is -1.84. The molecule has 0 N–H and O–H groups in total. The van der Waals surface area contributed by atoms with Gasteiger partial charge < -0.3 is 9.64 Å². The predicted molar refractivity (Wildman–Crippen MR) is 95.4 cm³/mol. The highest BCUT2D eigenvalue weighted by molar-refractivity contribution is 5.76. The molecule has 0 spiro atoms. The van der Waals surface area contributed by atoms with Gasteiger partial charge >= 0.3 is 0 Å². The number of ether oxygens (including phenoxy) is 1. The third-order valence-corrected chi connectivity index (χ3v) is 5.00. The summed E-state index contributed by atoms with van der Waals surface area (Å²) in [5, 5.41) is 0. The first-order valence-electron chi connectivity index (χ1n) is 9.13. The van der Waals surface area contributed by atoms with Gasteiger partial charge in [-0.1, -0.05) is 50.1 Å². The van der Waals surface area contributed by atoms with Crippen molar-refractivity contribution in [2.45, 2.75) is 57.9 Å². The molecule has 4 nitrogen and oxygen atoms in total. The topological polar surface area (TPSA) is 46.6 Å². The lowest BCUT2D eigenvalue weighted by Crippen LogP contribution is -2.38. The fourth-order valence-corrected chi connectivity index (χ4v) is 3.77. The molecule has 0 radical (unpaired) electrons. The Balaban J connectivity index is 0.000000177. The molecule has 1 aliphatic heterocycles. The number of nitrogens with zero attached hydrogens (tertiary/aromatic N) is 1. The maximum Gasteiger partial charge on any atom is 0.293 e. The minimum atomic E-state index is 0.365. The summed E-state index contributed by atoms with van der Waals surface area (Å²) in [5.41, 5.74) is 1.02. The van der Waals surface area contributed by atoms with Crippen molar-refractivity contribution in [2.75, 3.05) is 13.2 Å². The lowest BCUT2D eigenvalue weighted by atomic mass is 9.85. The van der Waals surface area contributed by atoms with Gasteiger partial charge in [0.05, 0.1) is 0 Å². The highest BCUT2D eigenvalue weighted by Crippen LogP contribution is 2.36. The first-order valence-corrected chi connectivity index (χ1v) is 9.13. The Labute approximate surface area is 145 Å². The van der Waals surface area contributed by atoms with Gasteiger partial charge in [-0.15, -0.1) is 0 Å². The summed E-state index contributed by atoms with van der Waals surface area (Å²) in [5.74, 6) is 1.21. The number of likely N-dealkylation sites (tertiary alicyclic amines) is 1. The molecule has 2 unspecified atom stereocenters. The van der Waals surface area contributed by atoms with Crippen LogP contribution in [0.4, 0.5) is 0 Å². The third kappa shape index (κ3) is 5.36. The number of carbonyl (C=O) groups is 2. The third-order valence-electron chi connectivity index (χ3n) is 5.00. The zero-order chi connectivity index (χ0) is 17.2. The van der Waals surface area contributed by atoms with E-state index in [2.05, 4.69) is 9.64 Å². The molecule has 0 aromatic carbocycles. The quantitative estimate of drug-likeness (QED) is 0.736. The van der Waals surface area contributed by atoms with Crippen LogP contribution in [-0.4, -0.2) is 36.5 Å². The number of rotatable bonds is 4. The van der Waals surface area contributed by atoms with Gasteiger partial charge in [-0.3, -0.25) is 9.59 Å². The van der Waals surface area contributed by atoms with E-state index in [0.717, 1.165) is 24.5 Å². The summed E-state index contributed by atoms with van der Waals surface area (Å²) in [6, 6.07) is 0.612. The van der Waals surface area contributed by atoms with Gasteiger partial charge in [0.2, 0.25) is 5.91 Å². The summed E-state index contributed by atoms with van der Waals surface area (Å²) in [6.45, 7) is 3.83. The van der Waals surface area contributed by atoms with Crippen LogP contribution in [0.5, 0.6) is 0 Å². The van der Waals surface area contributed by atoms with E-state index < -0.39 is 0 Å². The normalized spacial score (nSPS) is 25.0. The van der Waals surface area contributed by atoms with Crippen molar-refractivity contribution in [3.05, 3.63) is 36.0 Å². The molecule has 3 aliphatic rings. The Morgan fingerprint density at radius 2 is 2.12 bits per heavy atom. The van der Waals surface area contributed by atoms with Crippen molar-refractivity contribution >= 4 is 12.4 Å². The Morgan fingerprint density at radius 1 is 1.29 bits per heavy atom. The van der Waals surface area contributed by atoms with E-state index >= 15 is 0 Å². The van der Waals surface area contributed by atoms with Crippen molar-refractivity contribution in [3.63, 3.8) is 0 Å². The highest BCUT2D eigenvalue weighted by Gasteiger charge is 2.37. The predicted octanol–water partition coefficient (Wildman–Crippen LogP) is 3.79. The van der Waals surface area contributed by atoms with Crippen LogP contribution in [0.3, 0.4) is 0 Å². The lowest BCUT2D eigenvalue weighted by molar-refractivity contribution is -0.132.